The van der Waals surface area contributed by atoms with Gasteiger partial charge in [0.05, 0.1) is 6.04 Å². The molecule has 20 heavy (non-hydrogen) atoms. The maximum absolute atomic E-state index is 13.7. The first kappa shape index (κ1) is 15.1. The van der Waals surface area contributed by atoms with Crippen LogP contribution in [0.1, 0.15) is 22.7 Å². The normalized spacial score (nSPS) is 12.4. The van der Waals surface area contributed by atoms with Crippen LogP contribution in [-0.4, -0.2) is 0 Å². The van der Waals surface area contributed by atoms with E-state index in [-0.39, 0.29) is 18.0 Å². The molecule has 2 nitrogen and oxygen atoms in total. The Labute approximate surface area is 125 Å². The molecule has 0 radical (unpaired) electrons. The van der Waals surface area contributed by atoms with Crippen molar-refractivity contribution >= 4 is 15.9 Å². The molecule has 5 heteroatoms. The number of hydrogen-bond acceptors (Lipinski definition) is 2. The number of hydrazine groups is 1. The highest BCUT2D eigenvalue weighted by atomic mass is 79.9. The zero-order chi connectivity index (χ0) is 14.7. The molecule has 0 amide bonds. The summed E-state index contributed by atoms with van der Waals surface area (Å²) in [5.74, 6) is 4.41. The van der Waals surface area contributed by atoms with Crippen molar-refractivity contribution in [2.24, 2.45) is 5.84 Å². The fraction of sp³-hybridized carbons (Fsp3) is 0.200. The number of halogens is 3. The summed E-state index contributed by atoms with van der Waals surface area (Å²) in [6.07, 6.45) is 0.143. The molecule has 0 spiro atoms. The molecule has 106 valence electrons. The quantitative estimate of drug-likeness (QED) is 0.656. The van der Waals surface area contributed by atoms with E-state index in [0.29, 0.717) is 0 Å². The van der Waals surface area contributed by atoms with Gasteiger partial charge in [0.2, 0.25) is 0 Å². The van der Waals surface area contributed by atoms with Crippen LogP contribution in [0.15, 0.2) is 40.9 Å². The van der Waals surface area contributed by atoms with Crippen LogP contribution in [0, 0.1) is 18.6 Å². The average Bonchev–Trinajstić information content (AvgIpc) is 2.42. The topological polar surface area (TPSA) is 38.0 Å². The number of nitrogens with one attached hydrogen (secondary N) is 1. The molecule has 0 aliphatic rings. The third kappa shape index (κ3) is 3.23. The fourth-order valence-corrected chi connectivity index (χ4v) is 2.43. The van der Waals surface area contributed by atoms with Crippen LogP contribution >= 0.6 is 15.9 Å². The lowest BCUT2D eigenvalue weighted by molar-refractivity contribution is 0.500. The van der Waals surface area contributed by atoms with Crippen molar-refractivity contribution in [1.82, 2.24) is 5.43 Å². The van der Waals surface area contributed by atoms with Crippen molar-refractivity contribution in [3.05, 3.63) is 69.2 Å². The van der Waals surface area contributed by atoms with Crippen molar-refractivity contribution < 1.29 is 8.78 Å². The van der Waals surface area contributed by atoms with Crippen molar-refractivity contribution in [1.29, 1.82) is 0 Å². The van der Waals surface area contributed by atoms with Gasteiger partial charge in [-0.15, -0.1) is 0 Å². The highest BCUT2D eigenvalue weighted by molar-refractivity contribution is 9.10. The zero-order valence-electron chi connectivity index (χ0n) is 11.0. The molecular formula is C15H15BrF2N2. The van der Waals surface area contributed by atoms with E-state index in [9.17, 15) is 8.78 Å². The number of nitrogens with two attached hydrogens (primary N) is 1. The Bertz CT molecular complexity index is 597. The SMILES string of the molecule is Cc1ccc(C(Cc2c(F)cccc2F)NN)cc1Br. The third-order valence-corrected chi connectivity index (χ3v) is 4.12. The molecule has 2 rings (SSSR count). The summed E-state index contributed by atoms with van der Waals surface area (Å²) in [7, 11) is 0. The average molecular weight is 341 g/mol. The maximum atomic E-state index is 13.7. The maximum Gasteiger partial charge on any atom is 0.129 e. The Kier molecular flexibility index (Phi) is 4.86. The number of hydrogen-bond donors (Lipinski definition) is 2. The molecule has 0 aliphatic carbocycles. The molecule has 0 fully saturated rings. The lowest BCUT2D eigenvalue weighted by Crippen LogP contribution is -2.30. The van der Waals surface area contributed by atoms with E-state index in [1.165, 1.54) is 18.2 Å². The molecule has 2 aromatic rings. The summed E-state index contributed by atoms with van der Waals surface area (Å²) < 4.78 is 28.3. The van der Waals surface area contributed by atoms with E-state index in [0.717, 1.165) is 15.6 Å². The van der Waals surface area contributed by atoms with Gasteiger partial charge >= 0.3 is 0 Å². The Morgan fingerprint density at radius 1 is 1.20 bits per heavy atom. The van der Waals surface area contributed by atoms with E-state index in [2.05, 4.69) is 21.4 Å². The zero-order valence-corrected chi connectivity index (χ0v) is 12.5. The van der Waals surface area contributed by atoms with Gasteiger partial charge in [0.15, 0.2) is 0 Å². The molecule has 0 aromatic heterocycles. The van der Waals surface area contributed by atoms with Crippen LogP contribution in [0.3, 0.4) is 0 Å². The molecule has 3 N–H and O–H groups in total. The smallest absolute Gasteiger partial charge is 0.129 e. The van der Waals surface area contributed by atoms with E-state index < -0.39 is 11.6 Å². The Balaban J connectivity index is 2.31. The summed E-state index contributed by atoms with van der Waals surface area (Å²) in [4.78, 5) is 0. The summed E-state index contributed by atoms with van der Waals surface area (Å²) >= 11 is 3.44. The van der Waals surface area contributed by atoms with E-state index in [1.54, 1.807) is 0 Å². The lowest BCUT2D eigenvalue weighted by atomic mass is 9.98. The summed E-state index contributed by atoms with van der Waals surface area (Å²) in [5, 5.41) is 0. The van der Waals surface area contributed by atoms with E-state index in [4.69, 9.17) is 5.84 Å². The monoisotopic (exact) mass is 340 g/mol. The van der Waals surface area contributed by atoms with Crippen molar-refractivity contribution in [2.45, 2.75) is 19.4 Å². The minimum Gasteiger partial charge on any atom is -0.271 e. The van der Waals surface area contributed by atoms with Gasteiger partial charge in [-0.1, -0.05) is 34.1 Å². The molecule has 0 bridgehead atoms. The van der Waals surface area contributed by atoms with Gasteiger partial charge < -0.3 is 0 Å². The number of rotatable bonds is 4. The Morgan fingerprint density at radius 2 is 1.85 bits per heavy atom. The molecule has 2 aromatic carbocycles. The lowest BCUT2D eigenvalue weighted by Gasteiger charge is -2.18. The molecule has 1 unspecified atom stereocenters. The van der Waals surface area contributed by atoms with Gasteiger partial charge in [-0.05, 0) is 42.7 Å². The van der Waals surface area contributed by atoms with Crippen LogP contribution in [0.25, 0.3) is 0 Å². The summed E-state index contributed by atoms with van der Waals surface area (Å²) in [6.45, 7) is 1.97. The molecule has 0 saturated heterocycles. The van der Waals surface area contributed by atoms with Crippen LogP contribution < -0.4 is 11.3 Å². The predicted molar refractivity (Wildman–Crippen MR) is 79.0 cm³/mol. The first-order valence-electron chi connectivity index (χ1n) is 6.18. The molecule has 0 aliphatic heterocycles. The largest absolute Gasteiger partial charge is 0.271 e. The van der Waals surface area contributed by atoms with Crippen LogP contribution in [0.5, 0.6) is 0 Å². The molecule has 0 heterocycles. The first-order chi connectivity index (χ1) is 9.52. The highest BCUT2D eigenvalue weighted by Crippen LogP contribution is 2.25. The van der Waals surface area contributed by atoms with Crippen molar-refractivity contribution in [2.75, 3.05) is 0 Å². The van der Waals surface area contributed by atoms with Crippen LogP contribution in [-0.2, 0) is 6.42 Å². The van der Waals surface area contributed by atoms with E-state index >= 15 is 0 Å². The van der Waals surface area contributed by atoms with Gasteiger partial charge in [0.25, 0.3) is 0 Å². The highest BCUT2D eigenvalue weighted by Gasteiger charge is 2.17. The van der Waals surface area contributed by atoms with Crippen LogP contribution in [0.4, 0.5) is 8.78 Å². The standard InChI is InChI=1S/C15H15BrF2N2/c1-9-5-6-10(7-12(9)16)15(20-19)8-11-13(17)3-2-4-14(11)18/h2-7,15,20H,8,19H2,1H3. The Morgan fingerprint density at radius 3 is 2.40 bits per heavy atom. The number of benzene rings is 2. The Hall–Kier alpha value is -1.30. The first-order valence-corrected chi connectivity index (χ1v) is 6.97. The fourth-order valence-electron chi connectivity index (χ4n) is 2.03. The van der Waals surface area contributed by atoms with Gasteiger partial charge in [-0.25, -0.2) is 8.78 Å². The second-order valence-electron chi connectivity index (χ2n) is 4.63. The molecule has 1 atom stereocenters. The molecule has 0 saturated carbocycles. The van der Waals surface area contributed by atoms with Crippen molar-refractivity contribution in [3.63, 3.8) is 0 Å². The minimum atomic E-state index is -0.559. The second-order valence-corrected chi connectivity index (χ2v) is 5.49. The van der Waals surface area contributed by atoms with Gasteiger partial charge in [-0.3, -0.25) is 11.3 Å². The van der Waals surface area contributed by atoms with Gasteiger partial charge in [-0.2, -0.15) is 0 Å². The van der Waals surface area contributed by atoms with E-state index in [1.807, 2.05) is 25.1 Å². The minimum absolute atomic E-state index is 0.0344. The summed E-state index contributed by atoms with van der Waals surface area (Å²) in [6, 6.07) is 9.21. The third-order valence-electron chi connectivity index (χ3n) is 3.27. The van der Waals surface area contributed by atoms with Crippen molar-refractivity contribution in [3.8, 4) is 0 Å². The second kappa shape index (κ2) is 6.43. The van der Waals surface area contributed by atoms with Gasteiger partial charge in [0, 0.05) is 10.0 Å². The summed E-state index contributed by atoms with van der Waals surface area (Å²) in [5.41, 5.74) is 4.60. The number of aryl methyl sites for hydroxylation is 1. The van der Waals surface area contributed by atoms with Crippen LogP contribution in [0.2, 0.25) is 0 Å². The predicted octanol–water partition coefficient (Wildman–Crippen LogP) is 3.78. The molecular weight excluding hydrogens is 326 g/mol. The van der Waals surface area contributed by atoms with Gasteiger partial charge in [0.1, 0.15) is 11.6 Å².